The van der Waals surface area contributed by atoms with Crippen LogP contribution in [0.4, 0.5) is 19.3 Å². The van der Waals surface area contributed by atoms with E-state index < -0.39 is 47.1 Å². The fourth-order valence-electron chi connectivity index (χ4n) is 3.11. The molecule has 3 rings (SSSR count). The standard InChI is InChI=1S/C14H13F2N3O6/c15-4-11-9-5-24-12(17-13(20)21)18-14(9,6-25-11)8-3-7(19(22)23)1-2-10(8)16/h1-3,9,11H,4-6H2,(H,17,18)(H,20,21)/t9-,11-,14-/m1/s1. The van der Waals surface area contributed by atoms with E-state index in [1.807, 2.05) is 5.32 Å². The maximum Gasteiger partial charge on any atom is 0.412 e. The van der Waals surface area contributed by atoms with Crippen LogP contribution < -0.4 is 5.32 Å². The van der Waals surface area contributed by atoms with Crippen LogP contribution in [0.15, 0.2) is 23.2 Å². The summed E-state index contributed by atoms with van der Waals surface area (Å²) in [6, 6.07) is 2.50. The summed E-state index contributed by atoms with van der Waals surface area (Å²) in [5.41, 5.74) is -2.07. The van der Waals surface area contributed by atoms with Crippen molar-refractivity contribution in [2.75, 3.05) is 19.9 Å². The van der Waals surface area contributed by atoms with E-state index in [1.54, 1.807) is 0 Å². The van der Waals surface area contributed by atoms with Gasteiger partial charge in [0.15, 0.2) is 0 Å². The number of rotatable bonds is 3. The largest absolute Gasteiger partial charge is 0.465 e. The molecule has 134 valence electrons. The zero-order valence-corrected chi connectivity index (χ0v) is 12.6. The van der Waals surface area contributed by atoms with Crippen LogP contribution in [-0.2, 0) is 15.0 Å². The van der Waals surface area contributed by atoms with Crippen molar-refractivity contribution in [3.63, 3.8) is 0 Å². The van der Waals surface area contributed by atoms with Gasteiger partial charge in [-0.2, -0.15) is 0 Å². The first-order chi connectivity index (χ1) is 11.9. The van der Waals surface area contributed by atoms with Crippen molar-refractivity contribution in [1.29, 1.82) is 0 Å². The predicted octanol–water partition coefficient (Wildman–Crippen LogP) is 1.57. The molecule has 0 spiro atoms. The molecule has 1 aromatic carbocycles. The van der Waals surface area contributed by atoms with Crippen LogP contribution in [0, 0.1) is 21.8 Å². The van der Waals surface area contributed by atoms with Crippen molar-refractivity contribution in [3.05, 3.63) is 39.7 Å². The van der Waals surface area contributed by atoms with Crippen molar-refractivity contribution in [2.45, 2.75) is 11.6 Å². The average Bonchev–Trinajstić information content (AvgIpc) is 2.93. The third kappa shape index (κ3) is 2.86. The lowest BCUT2D eigenvalue weighted by atomic mass is 9.78. The van der Waals surface area contributed by atoms with Gasteiger partial charge < -0.3 is 14.6 Å². The first-order valence-electron chi connectivity index (χ1n) is 7.22. The quantitative estimate of drug-likeness (QED) is 0.625. The van der Waals surface area contributed by atoms with Crippen LogP contribution >= 0.6 is 0 Å². The van der Waals surface area contributed by atoms with E-state index >= 15 is 0 Å². The van der Waals surface area contributed by atoms with E-state index in [-0.39, 0.29) is 24.5 Å². The summed E-state index contributed by atoms with van der Waals surface area (Å²) < 4.78 is 38.2. The van der Waals surface area contributed by atoms with Gasteiger partial charge in [0.1, 0.15) is 18.0 Å². The van der Waals surface area contributed by atoms with Crippen molar-refractivity contribution >= 4 is 17.8 Å². The topological polar surface area (TPSA) is 123 Å². The van der Waals surface area contributed by atoms with Gasteiger partial charge in [-0.3, -0.25) is 10.1 Å². The summed E-state index contributed by atoms with van der Waals surface area (Å²) in [5, 5.41) is 21.7. The molecular weight excluding hydrogens is 344 g/mol. The van der Waals surface area contributed by atoms with Gasteiger partial charge in [0.2, 0.25) is 0 Å². The number of hydrogen-bond donors (Lipinski definition) is 2. The molecule has 0 radical (unpaired) electrons. The molecule has 1 aromatic rings. The molecule has 25 heavy (non-hydrogen) atoms. The highest BCUT2D eigenvalue weighted by Crippen LogP contribution is 2.46. The number of nitro groups is 1. The molecule has 2 aliphatic heterocycles. The number of hydrogen-bond acceptors (Lipinski definition) is 6. The molecule has 3 atom stereocenters. The number of ether oxygens (including phenoxy) is 2. The molecule has 0 unspecified atom stereocenters. The number of alkyl halides is 1. The molecule has 1 saturated heterocycles. The van der Waals surface area contributed by atoms with Gasteiger partial charge in [0.05, 0.1) is 30.2 Å². The smallest absolute Gasteiger partial charge is 0.412 e. The molecule has 0 bridgehead atoms. The van der Waals surface area contributed by atoms with Gasteiger partial charge in [0.25, 0.3) is 11.7 Å². The highest BCUT2D eigenvalue weighted by molar-refractivity contribution is 5.90. The predicted molar refractivity (Wildman–Crippen MR) is 78.5 cm³/mol. The van der Waals surface area contributed by atoms with Crippen molar-refractivity contribution in [3.8, 4) is 0 Å². The number of fused-ring (bicyclic) bond motifs is 1. The number of non-ortho nitro benzene ring substituents is 1. The number of nitrogens with zero attached hydrogens (tertiary/aromatic N) is 2. The molecule has 2 heterocycles. The number of amides is 1. The number of amidine groups is 1. The van der Waals surface area contributed by atoms with Crippen LogP contribution in [0.1, 0.15) is 5.56 Å². The van der Waals surface area contributed by atoms with Crippen LogP contribution in [0.5, 0.6) is 0 Å². The summed E-state index contributed by atoms with van der Waals surface area (Å²) in [4.78, 5) is 25.2. The van der Waals surface area contributed by atoms with Crippen LogP contribution in [-0.4, -0.2) is 48.1 Å². The molecule has 0 aromatic heterocycles. The summed E-state index contributed by atoms with van der Waals surface area (Å²) >= 11 is 0. The Morgan fingerprint density at radius 3 is 2.96 bits per heavy atom. The van der Waals surface area contributed by atoms with Crippen LogP contribution in [0.25, 0.3) is 0 Å². The Kier molecular flexibility index (Phi) is 4.25. The zero-order chi connectivity index (χ0) is 18.2. The molecule has 0 saturated carbocycles. The monoisotopic (exact) mass is 357 g/mol. The Balaban J connectivity index is 2.14. The maximum atomic E-state index is 14.5. The number of nitrogens with one attached hydrogen (secondary N) is 1. The second-order valence-electron chi connectivity index (χ2n) is 5.61. The fourth-order valence-corrected chi connectivity index (χ4v) is 3.11. The normalized spacial score (nSPS) is 27.8. The molecule has 0 aliphatic carbocycles. The lowest BCUT2D eigenvalue weighted by molar-refractivity contribution is -0.385. The van der Waals surface area contributed by atoms with Crippen LogP contribution in [0.2, 0.25) is 0 Å². The van der Waals surface area contributed by atoms with Crippen molar-refractivity contribution in [1.82, 2.24) is 5.32 Å². The fraction of sp³-hybridized carbons (Fsp3) is 0.429. The van der Waals surface area contributed by atoms with E-state index in [2.05, 4.69) is 4.99 Å². The Morgan fingerprint density at radius 2 is 2.32 bits per heavy atom. The Bertz CT molecular complexity index is 758. The third-order valence-electron chi connectivity index (χ3n) is 4.27. The number of carbonyl (C=O) groups is 1. The lowest BCUT2D eigenvalue weighted by Crippen LogP contribution is -2.47. The Hall–Kier alpha value is -2.82. The second-order valence-corrected chi connectivity index (χ2v) is 5.61. The highest BCUT2D eigenvalue weighted by Gasteiger charge is 2.55. The number of carboxylic acid groups (broad SMARTS) is 1. The molecule has 2 N–H and O–H groups in total. The van der Waals surface area contributed by atoms with Crippen molar-refractivity contribution in [2.24, 2.45) is 10.9 Å². The summed E-state index contributed by atoms with van der Waals surface area (Å²) in [6.07, 6.45) is -2.40. The van der Waals surface area contributed by atoms with E-state index in [4.69, 9.17) is 14.6 Å². The van der Waals surface area contributed by atoms with Gasteiger partial charge in [0, 0.05) is 17.7 Å². The van der Waals surface area contributed by atoms with Gasteiger partial charge in [-0.1, -0.05) is 0 Å². The van der Waals surface area contributed by atoms with E-state index in [0.29, 0.717) is 0 Å². The lowest BCUT2D eigenvalue weighted by Gasteiger charge is -2.35. The zero-order valence-electron chi connectivity index (χ0n) is 12.6. The highest BCUT2D eigenvalue weighted by atomic mass is 19.1. The van der Waals surface area contributed by atoms with E-state index in [0.717, 1.165) is 18.2 Å². The minimum atomic E-state index is -1.52. The van der Waals surface area contributed by atoms with Gasteiger partial charge in [-0.15, -0.1) is 0 Å². The molecule has 11 heteroatoms. The summed E-state index contributed by atoms with van der Waals surface area (Å²) in [7, 11) is 0. The first kappa shape index (κ1) is 17.0. The van der Waals surface area contributed by atoms with Gasteiger partial charge in [-0.05, 0) is 6.07 Å². The molecule has 2 aliphatic rings. The summed E-state index contributed by atoms with van der Waals surface area (Å²) in [5.74, 6) is -1.56. The van der Waals surface area contributed by atoms with Gasteiger partial charge >= 0.3 is 6.09 Å². The van der Waals surface area contributed by atoms with Gasteiger partial charge in [-0.25, -0.2) is 23.9 Å². The molecule has 9 nitrogen and oxygen atoms in total. The van der Waals surface area contributed by atoms with E-state index in [9.17, 15) is 23.7 Å². The molecular formula is C14H13F2N3O6. The maximum absolute atomic E-state index is 14.5. The van der Waals surface area contributed by atoms with Crippen LogP contribution in [0.3, 0.4) is 0 Å². The Morgan fingerprint density at radius 1 is 1.56 bits per heavy atom. The minimum absolute atomic E-state index is 0.171. The SMILES string of the molecule is O=C(O)NC1=N[C@@]2(c3cc([N+](=O)[O-])ccc3F)CO[C@H](CF)[C@H]2CO1. The third-order valence-corrected chi connectivity index (χ3v) is 4.27. The Labute approximate surface area is 139 Å². The molecule has 1 amide bonds. The van der Waals surface area contributed by atoms with Crippen molar-refractivity contribution < 1.29 is 33.1 Å². The number of nitro benzene ring substituents is 1. The average molecular weight is 357 g/mol. The second kappa shape index (κ2) is 6.24. The number of halogens is 2. The number of benzene rings is 1. The summed E-state index contributed by atoms with van der Waals surface area (Å²) in [6.45, 7) is -1.34. The molecule has 1 fully saturated rings. The first-order valence-corrected chi connectivity index (χ1v) is 7.22. The minimum Gasteiger partial charge on any atom is -0.465 e. The van der Waals surface area contributed by atoms with E-state index in [1.165, 1.54) is 0 Å². The number of aliphatic imine (C=N–C) groups is 1.